The number of nitrogens with zero attached hydrogens (tertiary/aromatic N) is 1. The minimum absolute atomic E-state index is 0.332. The lowest BCUT2D eigenvalue weighted by atomic mass is 10.2. The van der Waals surface area contributed by atoms with E-state index in [1.54, 1.807) is 29.0 Å². The lowest BCUT2D eigenvalue weighted by molar-refractivity contribution is 0.102. The number of para-hydroxylation sites is 1. The number of fused-ring (bicyclic) bond motifs is 1. The molecule has 25 heavy (non-hydrogen) atoms. The standard InChI is InChI=1S/C17H12N4O3S/c22-15(19-10-6-7-14-12(8-10)20-17(23)24-14)13-9-18-16(25)21(13)11-4-2-1-3-5-11/h1-9H,(H,18,25)(H,19,22)(H,20,23). The lowest BCUT2D eigenvalue weighted by Crippen LogP contribution is -2.16. The summed E-state index contributed by atoms with van der Waals surface area (Å²) in [7, 11) is 0. The van der Waals surface area contributed by atoms with Gasteiger partial charge in [-0.05, 0) is 42.5 Å². The third kappa shape index (κ3) is 2.79. The molecule has 0 aliphatic heterocycles. The average Bonchev–Trinajstić information content (AvgIpc) is 3.17. The van der Waals surface area contributed by atoms with Crippen LogP contribution in [0, 0.1) is 4.77 Å². The first-order chi connectivity index (χ1) is 12.1. The summed E-state index contributed by atoms with van der Waals surface area (Å²) in [4.78, 5) is 29.3. The fourth-order valence-electron chi connectivity index (χ4n) is 2.59. The molecule has 0 aliphatic carbocycles. The predicted molar refractivity (Wildman–Crippen MR) is 95.7 cm³/mol. The molecule has 0 fully saturated rings. The van der Waals surface area contributed by atoms with Crippen LogP contribution in [0.1, 0.15) is 10.5 Å². The van der Waals surface area contributed by atoms with E-state index in [2.05, 4.69) is 15.3 Å². The highest BCUT2D eigenvalue weighted by atomic mass is 32.1. The Labute approximate surface area is 145 Å². The summed E-state index contributed by atoms with van der Waals surface area (Å²) in [5.41, 5.74) is 2.63. The summed E-state index contributed by atoms with van der Waals surface area (Å²) in [6.07, 6.45) is 1.56. The lowest BCUT2D eigenvalue weighted by Gasteiger charge is -2.09. The number of benzene rings is 2. The molecule has 3 N–H and O–H groups in total. The van der Waals surface area contributed by atoms with Gasteiger partial charge in [0, 0.05) is 17.6 Å². The van der Waals surface area contributed by atoms with Gasteiger partial charge in [-0.15, -0.1) is 0 Å². The van der Waals surface area contributed by atoms with Gasteiger partial charge in [-0.1, -0.05) is 18.2 Å². The van der Waals surface area contributed by atoms with Crippen LogP contribution >= 0.6 is 12.2 Å². The first-order valence-electron chi connectivity index (χ1n) is 7.42. The maximum atomic E-state index is 12.7. The minimum Gasteiger partial charge on any atom is -0.408 e. The normalized spacial score (nSPS) is 10.9. The Hall–Kier alpha value is -3.39. The van der Waals surface area contributed by atoms with Crippen molar-refractivity contribution in [3.8, 4) is 5.69 Å². The topological polar surface area (TPSA) is 95.8 Å². The second-order valence-electron chi connectivity index (χ2n) is 5.33. The van der Waals surface area contributed by atoms with Gasteiger partial charge in [-0.25, -0.2) is 4.79 Å². The molecule has 2 aromatic heterocycles. The van der Waals surface area contributed by atoms with Crippen molar-refractivity contribution in [3.63, 3.8) is 0 Å². The first-order valence-corrected chi connectivity index (χ1v) is 7.83. The number of carbonyl (C=O) groups excluding carboxylic acids is 1. The van der Waals surface area contributed by atoms with Crippen LogP contribution in [0.25, 0.3) is 16.8 Å². The van der Waals surface area contributed by atoms with Gasteiger partial charge in [0.15, 0.2) is 10.4 Å². The first kappa shape index (κ1) is 15.2. The number of anilines is 1. The second-order valence-corrected chi connectivity index (χ2v) is 5.72. The van der Waals surface area contributed by atoms with Gasteiger partial charge in [0.05, 0.1) is 5.52 Å². The molecule has 0 unspecified atom stereocenters. The van der Waals surface area contributed by atoms with Crippen molar-refractivity contribution >= 4 is 34.9 Å². The van der Waals surface area contributed by atoms with Crippen molar-refractivity contribution in [1.29, 1.82) is 0 Å². The molecule has 0 bridgehead atoms. The molecule has 4 rings (SSSR count). The number of oxazole rings is 1. The highest BCUT2D eigenvalue weighted by Gasteiger charge is 2.15. The number of aromatic amines is 2. The van der Waals surface area contributed by atoms with Crippen LogP contribution in [-0.2, 0) is 0 Å². The summed E-state index contributed by atoms with van der Waals surface area (Å²) in [6.45, 7) is 0. The molecule has 7 nitrogen and oxygen atoms in total. The van der Waals surface area contributed by atoms with Crippen LogP contribution in [0.2, 0.25) is 0 Å². The second kappa shape index (κ2) is 5.91. The number of hydrogen-bond donors (Lipinski definition) is 3. The van der Waals surface area contributed by atoms with E-state index in [-0.39, 0.29) is 5.91 Å². The highest BCUT2D eigenvalue weighted by molar-refractivity contribution is 7.71. The van der Waals surface area contributed by atoms with Crippen LogP contribution < -0.4 is 11.1 Å². The Morgan fingerprint density at radius 2 is 1.96 bits per heavy atom. The molecule has 0 radical (unpaired) electrons. The van der Waals surface area contributed by atoms with Crippen molar-refractivity contribution in [2.24, 2.45) is 0 Å². The van der Waals surface area contributed by atoms with Crippen LogP contribution in [0.4, 0.5) is 5.69 Å². The average molecular weight is 352 g/mol. The van der Waals surface area contributed by atoms with Gasteiger partial charge in [0.2, 0.25) is 0 Å². The molecule has 0 spiro atoms. The Morgan fingerprint density at radius 3 is 2.76 bits per heavy atom. The number of imidazole rings is 1. The number of amides is 1. The molecule has 124 valence electrons. The number of hydrogen-bond acceptors (Lipinski definition) is 4. The quantitative estimate of drug-likeness (QED) is 0.493. The summed E-state index contributed by atoms with van der Waals surface area (Å²) in [5, 5.41) is 2.79. The molecule has 0 aliphatic rings. The van der Waals surface area contributed by atoms with Crippen molar-refractivity contribution in [2.75, 3.05) is 5.32 Å². The van der Waals surface area contributed by atoms with E-state index in [1.165, 1.54) is 0 Å². The maximum Gasteiger partial charge on any atom is 0.417 e. The summed E-state index contributed by atoms with van der Waals surface area (Å²) in [5.74, 6) is -0.872. The smallest absolute Gasteiger partial charge is 0.408 e. The van der Waals surface area contributed by atoms with Gasteiger partial charge in [-0.2, -0.15) is 0 Å². The third-order valence-corrected chi connectivity index (χ3v) is 4.00. The Morgan fingerprint density at radius 1 is 1.16 bits per heavy atom. The molecule has 0 saturated heterocycles. The number of carbonyl (C=O) groups is 1. The fraction of sp³-hybridized carbons (Fsp3) is 0. The predicted octanol–water partition coefficient (Wildman–Crippen LogP) is 3.22. The van der Waals surface area contributed by atoms with Crippen molar-refractivity contribution in [2.45, 2.75) is 0 Å². The van der Waals surface area contributed by atoms with Crippen LogP contribution in [0.15, 0.2) is 63.9 Å². The summed E-state index contributed by atoms with van der Waals surface area (Å²) < 4.78 is 7.02. The Kier molecular flexibility index (Phi) is 3.58. The largest absolute Gasteiger partial charge is 0.417 e. The molecule has 4 aromatic rings. The van der Waals surface area contributed by atoms with E-state index in [4.69, 9.17) is 16.6 Å². The summed E-state index contributed by atoms with van der Waals surface area (Å²) in [6, 6.07) is 14.3. The van der Waals surface area contributed by atoms with Crippen molar-refractivity contribution < 1.29 is 9.21 Å². The van der Waals surface area contributed by atoms with Gasteiger partial charge in [0.25, 0.3) is 5.91 Å². The monoisotopic (exact) mass is 352 g/mol. The minimum atomic E-state index is -0.540. The number of nitrogens with one attached hydrogen (secondary N) is 3. The van der Waals surface area contributed by atoms with E-state index in [1.807, 2.05) is 30.3 Å². The van der Waals surface area contributed by atoms with Crippen molar-refractivity contribution in [1.82, 2.24) is 14.5 Å². The highest BCUT2D eigenvalue weighted by Crippen LogP contribution is 2.18. The van der Waals surface area contributed by atoms with Gasteiger partial charge in [0.1, 0.15) is 5.69 Å². The van der Waals surface area contributed by atoms with E-state index in [9.17, 15) is 9.59 Å². The molecule has 2 aromatic carbocycles. The molecule has 0 saturated carbocycles. The zero-order valence-electron chi connectivity index (χ0n) is 12.8. The number of H-pyrrole nitrogens is 2. The third-order valence-electron chi connectivity index (χ3n) is 3.70. The SMILES string of the molecule is O=C(Nc1ccc2oc(=O)[nH]c2c1)c1c[nH]c(=S)n1-c1ccccc1. The molecule has 0 atom stereocenters. The molecular weight excluding hydrogens is 340 g/mol. The van der Waals surface area contributed by atoms with Gasteiger partial charge in [-0.3, -0.25) is 14.3 Å². The van der Waals surface area contributed by atoms with Gasteiger partial charge < -0.3 is 14.7 Å². The van der Waals surface area contributed by atoms with Gasteiger partial charge >= 0.3 is 5.76 Å². The molecule has 8 heteroatoms. The Bertz CT molecular complexity index is 1180. The van der Waals surface area contributed by atoms with Crippen LogP contribution in [0.5, 0.6) is 0 Å². The summed E-state index contributed by atoms with van der Waals surface area (Å²) >= 11 is 5.28. The molecular formula is C17H12N4O3S. The zero-order chi connectivity index (χ0) is 17.4. The fourth-order valence-corrected chi connectivity index (χ4v) is 2.86. The van der Waals surface area contributed by atoms with Crippen LogP contribution in [0.3, 0.4) is 0 Å². The van der Waals surface area contributed by atoms with E-state index < -0.39 is 5.76 Å². The van der Waals surface area contributed by atoms with E-state index >= 15 is 0 Å². The molecule has 2 heterocycles. The van der Waals surface area contributed by atoms with Crippen molar-refractivity contribution in [3.05, 3.63) is 75.7 Å². The van der Waals surface area contributed by atoms with E-state index in [0.29, 0.717) is 27.3 Å². The zero-order valence-corrected chi connectivity index (χ0v) is 13.6. The number of rotatable bonds is 3. The number of aromatic nitrogens is 3. The Balaban J connectivity index is 1.69. The van der Waals surface area contributed by atoms with Crippen LogP contribution in [-0.4, -0.2) is 20.4 Å². The van der Waals surface area contributed by atoms with E-state index in [0.717, 1.165) is 5.69 Å². The maximum absolute atomic E-state index is 12.7. The molecule has 1 amide bonds.